The molecule has 0 atom stereocenters. The summed E-state index contributed by atoms with van der Waals surface area (Å²) in [7, 11) is 1.68. The molecule has 1 aliphatic heterocycles. The summed E-state index contributed by atoms with van der Waals surface area (Å²) in [6.45, 7) is 0.179. The van der Waals surface area contributed by atoms with E-state index in [0.717, 1.165) is 17.5 Å². The number of aromatic amines is 1. The van der Waals surface area contributed by atoms with Gasteiger partial charge in [-0.15, -0.1) is 0 Å². The predicted octanol–water partition coefficient (Wildman–Crippen LogP) is 4.01. The van der Waals surface area contributed by atoms with Crippen LogP contribution in [0.25, 0.3) is 10.9 Å². The Morgan fingerprint density at radius 2 is 2.00 bits per heavy atom. The van der Waals surface area contributed by atoms with Gasteiger partial charge >= 0.3 is 0 Å². The molecule has 1 fully saturated rings. The van der Waals surface area contributed by atoms with Crippen molar-refractivity contribution in [2.24, 2.45) is 5.92 Å². The third kappa shape index (κ3) is 3.16. The number of fused-ring (bicyclic) bond motifs is 2. The fourth-order valence-electron chi connectivity index (χ4n) is 4.32. The molecule has 1 saturated carbocycles. The molecule has 0 spiro atoms. The van der Waals surface area contributed by atoms with Crippen LogP contribution in [0.5, 0.6) is 17.2 Å². The Hall–Kier alpha value is -3.22. The van der Waals surface area contributed by atoms with Crippen LogP contribution in [-0.4, -0.2) is 35.1 Å². The molecular weight excluding hydrogens is 370 g/mol. The molecule has 29 heavy (non-hydrogen) atoms. The molecule has 1 aromatic heterocycles. The molecule has 0 unspecified atom stereocenters. The minimum absolute atomic E-state index is 0.0750. The van der Waals surface area contributed by atoms with Gasteiger partial charge in [-0.2, -0.15) is 5.10 Å². The van der Waals surface area contributed by atoms with E-state index in [-0.39, 0.29) is 24.0 Å². The lowest BCUT2D eigenvalue weighted by Gasteiger charge is -2.18. The van der Waals surface area contributed by atoms with Gasteiger partial charge in [-0.25, -0.2) is 0 Å². The molecule has 1 amide bonds. The summed E-state index contributed by atoms with van der Waals surface area (Å²) in [6.07, 6.45) is 5.95. The highest BCUT2D eigenvalue weighted by molar-refractivity contribution is 6.09. The third-order valence-electron chi connectivity index (χ3n) is 6.00. The third-order valence-corrected chi connectivity index (χ3v) is 6.00. The number of amides is 1. The second-order valence-electron chi connectivity index (χ2n) is 7.85. The van der Waals surface area contributed by atoms with E-state index in [4.69, 9.17) is 9.47 Å². The van der Waals surface area contributed by atoms with Crippen molar-refractivity contribution in [2.45, 2.75) is 32.1 Å². The SMILES string of the molecule is CN(C(=O)c1cc2c(CC3CCCC3)[nH]nc2cc1O)c1ccc2c(c1)OCO2. The van der Waals surface area contributed by atoms with Crippen LogP contribution in [0.4, 0.5) is 5.69 Å². The average molecular weight is 393 g/mol. The molecule has 2 N–H and O–H groups in total. The molecule has 1 aliphatic carbocycles. The molecule has 150 valence electrons. The van der Waals surface area contributed by atoms with E-state index in [9.17, 15) is 9.90 Å². The van der Waals surface area contributed by atoms with E-state index in [1.54, 1.807) is 37.4 Å². The fraction of sp³-hybridized carbons (Fsp3) is 0.364. The highest BCUT2D eigenvalue weighted by Crippen LogP contribution is 2.36. The van der Waals surface area contributed by atoms with Crippen molar-refractivity contribution >= 4 is 22.5 Å². The van der Waals surface area contributed by atoms with Crippen molar-refractivity contribution < 1.29 is 19.4 Å². The molecule has 0 bridgehead atoms. The molecule has 3 aromatic rings. The van der Waals surface area contributed by atoms with E-state index in [1.165, 1.54) is 30.6 Å². The zero-order valence-corrected chi connectivity index (χ0v) is 16.3. The van der Waals surface area contributed by atoms with Crippen molar-refractivity contribution in [2.75, 3.05) is 18.7 Å². The van der Waals surface area contributed by atoms with Crippen LogP contribution in [0.15, 0.2) is 30.3 Å². The molecule has 0 saturated heterocycles. The average Bonchev–Trinajstić information content (AvgIpc) is 3.47. The van der Waals surface area contributed by atoms with Crippen LogP contribution < -0.4 is 14.4 Å². The Balaban J connectivity index is 1.46. The van der Waals surface area contributed by atoms with Gasteiger partial charge in [0.25, 0.3) is 5.91 Å². The molecular formula is C22H23N3O4. The molecule has 0 radical (unpaired) electrons. The van der Waals surface area contributed by atoms with Crippen molar-refractivity contribution in [3.63, 3.8) is 0 Å². The largest absolute Gasteiger partial charge is 0.507 e. The Bertz CT molecular complexity index is 1090. The van der Waals surface area contributed by atoms with Gasteiger partial charge in [0, 0.05) is 35.9 Å². The number of nitrogens with zero attached hydrogens (tertiary/aromatic N) is 2. The number of ether oxygens (including phenoxy) is 2. The molecule has 2 heterocycles. The molecule has 5 rings (SSSR count). The first-order chi connectivity index (χ1) is 14.1. The highest BCUT2D eigenvalue weighted by atomic mass is 16.7. The number of rotatable bonds is 4. The van der Waals surface area contributed by atoms with Crippen molar-refractivity contribution in [3.05, 3.63) is 41.6 Å². The van der Waals surface area contributed by atoms with Gasteiger partial charge in [0.1, 0.15) is 5.75 Å². The summed E-state index contributed by atoms with van der Waals surface area (Å²) in [5, 5.41) is 18.8. The molecule has 2 aliphatic rings. The van der Waals surface area contributed by atoms with Crippen molar-refractivity contribution in [1.82, 2.24) is 10.2 Å². The van der Waals surface area contributed by atoms with E-state index in [0.29, 0.717) is 28.6 Å². The lowest BCUT2D eigenvalue weighted by Crippen LogP contribution is -2.26. The first kappa shape index (κ1) is 17.8. The summed E-state index contributed by atoms with van der Waals surface area (Å²) in [5.41, 5.74) is 2.63. The van der Waals surface area contributed by atoms with Gasteiger partial charge in [-0.05, 0) is 30.5 Å². The van der Waals surface area contributed by atoms with Gasteiger partial charge in [0.05, 0.1) is 11.1 Å². The highest BCUT2D eigenvalue weighted by Gasteiger charge is 2.23. The van der Waals surface area contributed by atoms with Crippen molar-refractivity contribution in [3.8, 4) is 17.2 Å². The van der Waals surface area contributed by atoms with E-state index >= 15 is 0 Å². The number of hydrogen-bond acceptors (Lipinski definition) is 5. The number of benzene rings is 2. The van der Waals surface area contributed by atoms with Crippen LogP contribution in [-0.2, 0) is 6.42 Å². The van der Waals surface area contributed by atoms with Crippen LogP contribution in [0, 0.1) is 5.92 Å². The smallest absolute Gasteiger partial charge is 0.261 e. The maximum absolute atomic E-state index is 13.2. The number of carbonyl (C=O) groups is 1. The first-order valence-corrected chi connectivity index (χ1v) is 9.98. The molecule has 7 nitrogen and oxygen atoms in total. The zero-order valence-electron chi connectivity index (χ0n) is 16.3. The fourth-order valence-corrected chi connectivity index (χ4v) is 4.32. The second-order valence-corrected chi connectivity index (χ2v) is 7.85. The maximum atomic E-state index is 13.2. The van der Waals surface area contributed by atoms with Crippen LogP contribution >= 0.6 is 0 Å². The minimum Gasteiger partial charge on any atom is -0.507 e. The van der Waals surface area contributed by atoms with Crippen molar-refractivity contribution in [1.29, 1.82) is 0 Å². The zero-order chi connectivity index (χ0) is 20.0. The predicted molar refractivity (Wildman–Crippen MR) is 109 cm³/mol. The number of aromatic nitrogens is 2. The number of phenolic OH excluding ortho intramolecular Hbond substituents is 1. The number of nitrogens with one attached hydrogen (secondary N) is 1. The Morgan fingerprint density at radius 1 is 1.21 bits per heavy atom. The van der Waals surface area contributed by atoms with Gasteiger partial charge in [0.15, 0.2) is 11.5 Å². The summed E-state index contributed by atoms with van der Waals surface area (Å²) in [6, 6.07) is 8.65. The van der Waals surface area contributed by atoms with E-state index in [2.05, 4.69) is 10.2 Å². The van der Waals surface area contributed by atoms with E-state index in [1.807, 2.05) is 0 Å². The van der Waals surface area contributed by atoms with Crippen LogP contribution in [0.2, 0.25) is 0 Å². The summed E-state index contributed by atoms with van der Waals surface area (Å²) < 4.78 is 10.7. The van der Waals surface area contributed by atoms with E-state index < -0.39 is 0 Å². The van der Waals surface area contributed by atoms with Gasteiger partial charge in [-0.1, -0.05) is 25.7 Å². The molecule has 7 heteroatoms. The van der Waals surface area contributed by atoms with Crippen LogP contribution in [0.1, 0.15) is 41.7 Å². The summed E-state index contributed by atoms with van der Waals surface area (Å²) >= 11 is 0. The van der Waals surface area contributed by atoms with Gasteiger partial charge < -0.3 is 19.5 Å². The van der Waals surface area contributed by atoms with Gasteiger partial charge in [-0.3, -0.25) is 9.89 Å². The Labute approximate surface area is 168 Å². The second kappa shape index (κ2) is 6.99. The number of hydrogen-bond donors (Lipinski definition) is 2. The monoisotopic (exact) mass is 393 g/mol. The number of carbonyl (C=O) groups excluding carboxylic acids is 1. The standard InChI is InChI=1S/C22H23N3O4/c1-25(14-6-7-20-21(9-14)29-12-28-20)22(27)16-10-15-17(8-13-4-2-3-5-13)23-24-18(15)11-19(16)26/h6-7,9-11,13,26H,2-5,8,12H2,1H3,(H,23,24). The van der Waals surface area contributed by atoms with Crippen LogP contribution in [0.3, 0.4) is 0 Å². The normalized spacial score (nSPS) is 15.9. The number of H-pyrrole nitrogens is 1. The summed E-state index contributed by atoms with van der Waals surface area (Å²) in [4.78, 5) is 14.7. The maximum Gasteiger partial charge on any atom is 0.261 e. The lowest BCUT2D eigenvalue weighted by atomic mass is 9.99. The van der Waals surface area contributed by atoms with Gasteiger partial charge in [0.2, 0.25) is 6.79 Å². The number of anilines is 1. The molecule has 2 aromatic carbocycles. The first-order valence-electron chi connectivity index (χ1n) is 9.98. The Morgan fingerprint density at radius 3 is 2.83 bits per heavy atom. The summed E-state index contributed by atoms with van der Waals surface area (Å²) in [5.74, 6) is 1.55. The Kier molecular flexibility index (Phi) is 4.30. The quantitative estimate of drug-likeness (QED) is 0.699. The number of aromatic hydroxyl groups is 1. The number of phenols is 1. The topological polar surface area (TPSA) is 87.7 Å². The minimum atomic E-state index is -0.295. The lowest BCUT2D eigenvalue weighted by molar-refractivity contribution is 0.0990.